The van der Waals surface area contributed by atoms with Gasteiger partial charge in [-0.05, 0) is 30.8 Å². The van der Waals surface area contributed by atoms with Gasteiger partial charge in [0.2, 0.25) is 0 Å². The first-order valence-electron chi connectivity index (χ1n) is 7.60. The van der Waals surface area contributed by atoms with Gasteiger partial charge in [0, 0.05) is 25.2 Å². The van der Waals surface area contributed by atoms with E-state index in [4.69, 9.17) is 4.74 Å². The molecule has 3 rings (SSSR count). The third-order valence-corrected chi connectivity index (χ3v) is 4.23. The molecule has 1 unspecified atom stereocenters. The van der Waals surface area contributed by atoms with Crippen LogP contribution in [0, 0.1) is 0 Å². The van der Waals surface area contributed by atoms with Crippen molar-refractivity contribution >= 4 is 41.5 Å². The van der Waals surface area contributed by atoms with Crippen LogP contribution in [0.15, 0.2) is 36.5 Å². The van der Waals surface area contributed by atoms with Gasteiger partial charge in [-0.3, -0.25) is 9.78 Å². The highest BCUT2D eigenvalue weighted by Crippen LogP contribution is 2.20. The van der Waals surface area contributed by atoms with Gasteiger partial charge < -0.3 is 15.4 Å². The van der Waals surface area contributed by atoms with Crippen LogP contribution in [0.2, 0.25) is 0 Å². The number of fused-ring (bicyclic) bond motifs is 1. The van der Waals surface area contributed by atoms with Crippen molar-refractivity contribution in [2.75, 3.05) is 26.8 Å². The number of ether oxygens (including phenoxy) is 1. The summed E-state index contributed by atoms with van der Waals surface area (Å²) in [5.41, 5.74) is 0.318. The normalized spacial score (nSPS) is 19.4. The SMILES string of the molecule is COCC1(CNC(=O)c2nccc3ccccc23)CCCN1.Cl.Cl. The van der Waals surface area contributed by atoms with Crippen molar-refractivity contribution in [3.05, 3.63) is 42.2 Å². The molecule has 0 spiro atoms. The Morgan fingerprint density at radius 1 is 1.33 bits per heavy atom. The highest BCUT2D eigenvalue weighted by Gasteiger charge is 2.34. The highest BCUT2D eigenvalue weighted by molar-refractivity contribution is 6.05. The number of hydrogen-bond donors (Lipinski definition) is 2. The Hall–Kier alpha value is -1.40. The maximum absolute atomic E-state index is 12.5. The molecule has 2 aromatic rings. The van der Waals surface area contributed by atoms with Gasteiger partial charge in [0.25, 0.3) is 5.91 Å². The Morgan fingerprint density at radius 3 is 2.83 bits per heavy atom. The van der Waals surface area contributed by atoms with Crippen LogP contribution in [0.5, 0.6) is 0 Å². The quantitative estimate of drug-likeness (QED) is 0.847. The fraction of sp³-hybridized carbons (Fsp3) is 0.412. The number of methoxy groups -OCH3 is 1. The standard InChI is InChI=1S/C17H21N3O2.2ClH/c1-22-12-17(8-4-9-20-17)11-19-16(21)15-14-6-3-2-5-13(14)7-10-18-15;;/h2-3,5-7,10,20H,4,8-9,11-12H2,1H3,(H,19,21);2*1H. The van der Waals surface area contributed by atoms with Gasteiger partial charge in [-0.1, -0.05) is 24.3 Å². The van der Waals surface area contributed by atoms with E-state index in [2.05, 4.69) is 15.6 Å². The third kappa shape index (κ3) is 4.36. The van der Waals surface area contributed by atoms with Gasteiger partial charge in [0.05, 0.1) is 12.1 Å². The topological polar surface area (TPSA) is 63.2 Å². The second-order valence-electron chi connectivity index (χ2n) is 5.81. The summed E-state index contributed by atoms with van der Waals surface area (Å²) >= 11 is 0. The molecule has 0 aliphatic carbocycles. The number of nitrogens with one attached hydrogen (secondary N) is 2. The van der Waals surface area contributed by atoms with E-state index in [1.807, 2.05) is 30.3 Å². The zero-order chi connectivity index (χ0) is 15.4. The molecular formula is C17H23Cl2N3O2. The lowest BCUT2D eigenvalue weighted by Gasteiger charge is -2.28. The van der Waals surface area contributed by atoms with Crippen molar-refractivity contribution in [2.45, 2.75) is 18.4 Å². The number of aromatic nitrogens is 1. The lowest BCUT2D eigenvalue weighted by atomic mass is 9.98. The molecule has 1 saturated heterocycles. The molecule has 5 nitrogen and oxygen atoms in total. The van der Waals surface area contributed by atoms with Gasteiger partial charge in [-0.15, -0.1) is 24.8 Å². The molecule has 0 bridgehead atoms. The van der Waals surface area contributed by atoms with Crippen LogP contribution in [0.3, 0.4) is 0 Å². The van der Waals surface area contributed by atoms with Crippen LogP contribution in [0.4, 0.5) is 0 Å². The summed E-state index contributed by atoms with van der Waals surface area (Å²) in [5.74, 6) is -0.138. The molecule has 0 radical (unpaired) electrons. The summed E-state index contributed by atoms with van der Waals surface area (Å²) < 4.78 is 5.31. The maximum atomic E-state index is 12.5. The zero-order valence-corrected chi connectivity index (χ0v) is 15.2. The summed E-state index contributed by atoms with van der Waals surface area (Å²) in [7, 11) is 1.69. The first-order chi connectivity index (χ1) is 10.7. The van der Waals surface area contributed by atoms with E-state index in [0.29, 0.717) is 18.8 Å². The molecule has 24 heavy (non-hydrogen) atoms. The average Bonchev–Trinajstić information content (AvgIpc) is 3.01. The van der Waals surface area contributed by atoms with E-state index < -0.39 is 0 Å². The summed E-state index contributed by atoms with van der Waals surface area (Å²) in [4.78, 5) is 16.8. The molecule has 7 heteroatoms. The highest BCUT2D eigenvalue weighted by atomic mass is 35.5. The van der Waals surface area contributed by atoms with E-state index in [9.17, 15) is 4.79 Å². The summed E-state index contributed by atoms with van der Waals surface area (Å²) in [6.07, 6.45) is 3.78. The first-order valence-corrected chi connectivity index (χ1v) is 7.60. The van der Waals surface area contributed by atoms with E-state index >= 15 is 0 Å². The van der Waals surface area contributed by atoms with Gasteiger partial charge in [-0.25, -0.2) is 0 Å². The predicted octanol–water partition coefficient (Wildman–Crippen LogP) is 2.58. The largest absolute Gasteiger partial charge is 0.383 e. The minimum Gasteiger partial charge on any atom is -0.383 e. The van der Waals surface area contributed by atoms with Gasteiger partial charge >= 0.3 is 0 Å². The minimum absolute atomic E-state index is 0. The summed E-state index contributed by atoms with van der Waals surface area (Å²) in [6, 6.07) is 9.71. The second kappa shape index (κ2) is 9.18. The Labute approximate surface area is 154 Å². The molecule has 1 amide bonds. The molecule has 1 aliphatic rings. The zero-order valence-electron chi connectivity index (χ0n) is 13.6. The van der Waals surface area contributed by atoms with E-state index in [1.54, 1.807) is 13.3 Å². The number of hydrogen-bond acceptors (Lipinski definition) is 4. The Balaban J connectivity index is 0.00000144. The Bertz CT molecular complexity index is 670. The number of pyridine rings is 1. The number of carbonyl (C=O) groups is 1. The molecule has 1 fully saturated rings. The van der Waals surface area contributed by atoms with Crippen LogP contribution >= 0.6 is 24.8 Å². The second-order valence-corrected chi connectivity index (χ2v) is 5.81. The van der Waals surface area contributed by atoms with E-state index in [1.165, 1.54) is 0 Å². The number of benzene rings is 1. The summed E-state index contributed by atoms with van der Waals surface area (Å²) in [5, 5.41) is 8.37. The number of rotatable bonds is 5. The lowest BCUT2D eigenvalue weighted by Crippen LogP contribution is -2.53. The Kier molecular flexibility index (Phi) is 7.90. The number of carbonyl (C=O) groups excluding carboxylic acids is 1. The molecule has 2 N–H and O–H groups in total. The van der Waals surface area contributed by atoms with Crippen molar-refractivity contribution in [3.8, 4) is 0 Å². The fourth-order valence-electron chi connectivity index (χ4n) is 3.10. The van der Waals surface area contributed by atoms with Crippen LogP contribution < -0.4 is 10.6 Å². The van der Waals surface area contributed by atoms with Crippen molar-refractivity contribution < 1.29 is 9.53 Å². The maximum Gasteiger partial charge on any atom is 0.270 e. The van der Waals surface area contributed by atoms with Crippen LogP contribution in [0.25, 0.3) is 10.8 Å². The van der Waals surface area contributed by atoms with Gasteiger partial charge in [-0.2, -0.15) is 0 Å². The van der Waals surface area contributed by atoms with Crippen molar-refractivity contribution in [2.24, 2.45) is 0 Å². The smallest absolute Gasteiger partial charge is 0.270 e. The first kappa shape index (κ1) is 20.6. The molecular weight excluding hydrogens is 349 g/mol. The predicted molar refractivity (Wildman–Crippen MR) is 100 cm³/mol. The van der Waals surface area contributed by atoms with Gasteiger partial charge in [0.15, 0.2) is 0 Å². The minimum atomic E-state index is -0.158. The fourth-order valence-corrected chi connectivity index (χ4v) is 3.10. The lowest BCUT2D eigenvalue weighted by molar-refractivity contribution is 0.0889. The number of halogens is 2. The van der Waals surface area contributed by atoms with Crippen LogP contribution in [-0.4, -0.2) is 43.2 Å². The summed E-state index contributed by atoms with van der Waals surface area (Å²) in [6.45, 7) is 2.10. The number of nitrogens with zero attached hydrogens (tertiary/aromatic N) is 1. The molecule has 1 atom stereocenters. The number of amides is 1. The van der Waals surface area contributed by atoms with Crippen LogP contribution in [-0.2, 0) is 4.74 Å². The van der Waals surface area contributed by atoms with E-state index in [0.717, 1.165) is 30.2 Å². The van der Waals surface area contributed by atoms with Crippen molar-refractivity contribution in [3.63, 3.8) is 0 Å². The molecule has 0 saturated carbocycles. The Morgan fingerprint density at radius 2 is 2.12 bits per heavy atom. The molecule has 1 aromatic carbocycles. The molecule has 1 aromatic heterocycles. The average molecular weight is 372 g/mol. The van der Waals surface area contributed by atoms with Gasteiger partial charge in [0.1, 0.15) is 5.69 Å². The van der Waals surface area contributed by atoms with Crippen LogP contribution in [0.1, 0.15) is 23.3 Å². The van der Waals surface area contributed by atoms with Crippen molar-refractivity contribution in [1.82, 2.24) is 15.6 Å². The molecule has 132 valence electrons. The van der Waals surface area contributed by atoms with Crippen molar-refractivity contribution in [1.29, 1.82) is 0 Å². The molecule has 1 aliphatic heterocycles. The monoisotopic (exact) mass is 371 g/mol. The third-order valence-electron chi connectivity index (χ3n) is 4.23. The molecule has 2 heterocycles. The van der Waals surface area contributed by atoms with E-state index in [-0.39, 0.29) is 36.3 Å².